The third kappa shape index (κ3) is 10.9. The van der Waals surface area contributed by atoms with Gasteiger partial charge in [-0.2, -0.15) is 25.8 Å². The summed E-state index contributed by atoms with van der Waals surface area (Å²) in [7, 11) is 0. The minimum atomic E-state index is -4.38. The maximum atomic E-state index is 12.6. The SMILES string of the molecule is CC.CC.CC(C)S.O=Cc1cncc(-c2cccc(C(F)(F)F)c2)c1. The molecule has 0 aliphatic heterocycles. The molecule has 2 nitrogen and oxygen atoms in total. The second-order valence-corrected chi connectivity index (χ2v) is 5.83. The van der Waals surface area contributed by atoms with Crippen molar-refractivity contribution in [2.24, 2.45) is 0 Å². The Hall–Kier alpha value is -1.82. The van der Waals surface area contributed by atoms with Gasteiger partial charge in [0.1, 0.15) is 0 Å². The summed E-state index contributed by atoms with van der Waals surface area (Å²) in [6.45, 7) is 12.1. The van der Waals surface area contributed by atoms with E-state index in [2.05, 4.69) is 17.6 Å². The lowest BCUT2D eigenvalue weighted by atomic mass is 10.0. The van der Waals surface area contributed by atoms with Gasteiger partial charge < -0.3 is 0 Å². The largest absolute Gasteiger partial charge is 0.416 e. The highest BCUT2D eigenvalue weighted by atomic mass is 32.1. The minimum Gasteiger partial charge on any atom is -0.298 e. The summed E-state index contributed by atoms with van der Waals surface area (Å²) in [5, 5.41) is 0.528. The molecule has 0 N–H and O–H groups in total. The summed E-state index contributed by atoms with van der Waals surface area (Å²) in [6, 6.07) is 6.40. The van der Waals surface area contributed by atoms with E-state index in [4.69, 9.17) is 0 Å². The number of nitrogens with zero attached hydrogens (tertiary/aromatic N) is 1. The van der Waals surface area contributed by atoms with Crippen LogP contribution < -0.4 is 0 Å². The molecule has 0 saturated carbocycles. The van der Waals surface area contributed by atoms with Crippen LogP contribution in [-0.4, -0.2) is 16.5 Å². The molecule has 1 aromatic heterocycles. The van der Waals surface area contributed by atoms with E-state index >= 15 is 0 Å². The number of benzene rings is 1. The van der Waals surface area contributed by atoms with Crippen molar-refractivity contribution < 1.29 is 18.0 Å². The molecule has 26 heavy (non-hydrogen) atoms. The van der Waals surface area contributed by atoms with E-state index < -0.39 is 11.7 Å². The molecule has 0 unspecified atom stereocenters. The number of aldehydes is 1. The van der Waals surface area contributed by atoms with Crippen LogP contribution in [-0.2, 0) is 6.18 Å². The van der Waals surface area contributed by atoms with Crippen molar-refractivity contribution in [3.05, 3.63) is 53.9 Å². The fourth-order valence-corrected chi connectivity index (χ4v) is 1.56. The fraction of sp³-hybridized carbons (Fsp3) is 0.400. The van der Waals surface area contributed by atoms with Gasteiger partial charge in [-0.15, -0.1) is 0 Å². The Kier molecular flexibility index (Phi) is 14.6. The molecule has 0 fully saturated rings. The second-order valence-electron chi connectivity index (χ2n) is 4.80. The van der Waals surface area contributed by atoms with Crippen molar-refractivity contribution in [1.29, 1.82) is 0 Å². The van der Waals surface area contributed by atoms with Crippen LogP contribution in [0.15, 0.2) is 42.7 Å². The van der Waals surface area contributed by atoms with E-state index in [0.29, 0.717) is 28.2 Å². The average Bonchev–Trinajstić information content (AvgIpc) is 2.64. The predicted molar refractivity (Wildman–Crippen MR) is 107 cm³/mol. The second kappa shape index (κ2) is 14.4. The molecule has 2 aromatic rings. The first-order chi connectivity index (χ1) is 12.2. The Morgan fingerprint density at radius 2 is 1.54 bits per heavy atom. The number of halogens is 3. The lowest BCUT2D eigenvalue weighted by Gasteiger charge is -2.08. The van der Waals surface area contributed by atoms with E-state index in [-0.39, 0.29) is 0 Å². The van der Waals surface area contributed by atoms with Crippen molar-refractivity contribution in [1.82, 2.24) is 4.98 Å². The van der Waals surface area contributed by atoms with Gasteiger partial charge in [-0.25, -0.2) is 0 Å². The van der Waals surface area contributed by atoms with Crippen LogP contribution in [0.3, 0.4) is 0 Å². The van der Waals surface area contributed by atoms with Gasteiger partial charge in [-0.1, -0.05) is 53.7 Å². The Bertz CT molecular complexity index is 626. The van der Waals surface area contributed by atoms with E-state index in [1.807, 2.05) is 41.5 Å². The molecule has 0 bridgehead atoms. The highest BCUT2D eigenvalue weighted by Crippen LogP contribution is 2.32. The van der Waals surface area contributed by atoms with Gasteiger partial charge in [0.25, 0.3) is 0 Å². The quantitative estimate of drug-likeness (QED) is 0.446. The van der Waals surface area contributed by atoms with Crippen molar-refractivity contribution in [3.8, 4) is 11.1 Å². The number of thiol groups is 1. The van der Waals surface area contributed by atoms with Gasteiger partial charge in [0.2, 0.25) is 0 Å². The fourth-order valence-electron chi connectivity index (χ4n) is 1.56. The summed E-state index contributed by atoms with van der Waals surface area (Å²) >= 11 is 3.97. The molecule has 0 aliphatic rings. The highest BCUT2D eigenvalue weighted by molar-refractivity contribution is 7.80. The number of aromatic nitrogens is 1. The number of carbonyl (C=O) groups is 1. The van der Waals surface area contributed by atoms with Gasteiger partial charge in [0.15, 0.2) is 6.29 Å². The molecule has 0 radical (unpaired) electrons. The zero-order chi connectivity index (χ0) is 20.8. The van der Waals surface area contributed by atoms with Crippen LogP contribution in [0.2, 0.25) is 0 Å². The molecule has 146 valence electrons. The standard InChI is InChI=1S/C13H8F3NO.C3H8S.2C2H6/c14-13(15,16)12-3-1-2-10(5-12)11-4-9(8-18)6-17-7-11;1-3(2)4;2*1-2/h1-8H;3-4H,1-2H3;2*1-2H3. The smallest absolute Gasteiger partial charge is 0.298 e. The van der Waals surface area contributed by atoms with Crippen molar-refractivity contribution in [2.75, 3.05) is 0 Å². The maximum Gasteiger partial charge on any atom is 0.416 e. The summed E-state index contributed by atoms with van der Waals surface area (Å²) in [5.74, 6) is 0. The molecule has 0 spiro atoms. The number of hydrogen-bond acceptors (Lipinski definition) is 3. The van der Waals surface area contributed by atoms with Crippen molar-refractivity contribution in [2.45, 2.75) is 53.0 Å². The summed E-state index contributed by atoms with van der Waals surface area (Å²) < 4.78 is 37.7. The van der Waals surface area contributed by atoms with Crippen LogP contribution in [0.5, 0.6) is 0 Å². The van der Waals surface area contributed by atoms with Crippen molar-refractivity contribution in [3.63, 3.8) is 0 Å². The molecule has 0 saturated heterocycles. The number of rotatable bonds is 2. The van der Waals surface area contributed by atoms with E-state index in [1.54, 1.807) is 6.07 Å². The number of hydrogen-bond donors (Lipinski definition) is 1. The van der Waals surface area contributed by atoms with Gasteiger partial charge >= 0.3 is 6.18 Å². The number of alkyl halides is 3. The van der Waals surface area contributed by atoms with Gasteiger partial charge in [-0.05, 0) is 29.0 Å². The molecule has 0 atom stereocenters. The molecular formula is C20H28F3NOS. The molecule has 0 aliphatic carbocycles. The summed E-state index contributed by atoms with van der Waals surface area (Å²) in [4.78, 5) is 14.4. The van der Waals surface area contributed by atoms with Gasteiger partial charge in [0, 0.05) is 23.5 Å². The van der Waals surface area contributed by atoms with Crippen LogP contribution in [0.25, 0.3) is 11.1 Å². The Morgan fingerprint density at radius 3 is 2.00 bits per heavy atom. The normalized spacial score (nSPS) is 9.65. The summed E-state index contributed by atoms with van der Waals surface area (Å²) in [6.07, 6.45) is -1.01. The summed E-state index contributed by atoms with van der Waals surface area (Å²) in [5.41, 5.74) is 0.452. The van der Waals surface area contributed by atoms with Crippen LogP contribution in [0, 0.1) is 0 Å². The Balaban J connectivity index is 0. The average molecular weight is 388 g/mol. The molecular weight excluding hydrogens is 359 g/mol. The molecule has 0 amide bonds. The topological polar surface area (TPSA) is 30.0 Å². The lowest BCUT2D eigenvalue weighted by Crippen LogP contribution is -2.04. The molecule has 2 rings (SSSR count). The Morgan fingerprint density at radius 1 is 1.00 bits per heavy atom. The first kappa shape index (κ1) is 26.4. The van der Waals surface area contributed by atoms with E-state index in [1.165, 1.54) is 24.5 Å². The van der Waals surface area contributed by atoms with E-state index in [9.17, 15) is 18.0 Å². The van der Waals surface area contributed by atoms with Gasteiger partial charge in [0.05, 0.1) is 5.56 Å². The monoisotopic (exact) mass is 387 g/mol. The third-order valence-corrected chi connectivity index (χ3v) is 2.42. The molecule has 1 aromatic carbocycles. The number of carbonyl (C=O) groups excluding carboxylic acids is 1. The van der Waals surface area contributed by atoms with Gasteiger partial charge in [-0.3, -0.25) is 9.78 Å². The first-order valence-corrected chi connectivity index (χ1v) is 9.01. The molecule has 1 heterocycles. The Labute approximate surface area is 160 Å². The third-order valence-electron chi connectivity index (χ3n) is 2.42. The van der Waals surface area contributed by atoms with Crippen molar-refractivity contribution >= 4 is 18.9 Å². The molecule has 6 heteroatoms. The predicted octanol–water partition coefficient (Wildman–Crippen LogP) is 6.96. The highest BCUT2D eigenvalue weighted by Gasteiger charge is 2.30. The van der Waals surface area contributed by atoms with E-state index in [0.717, 1.165) is 12.1 Å². The zero-order valence-corrected chi connectivity index (χ0v) is 17.0. The lowest BCUT2D eigenvalue weighted by molar-refractivity contribution is -0.137. The van der Waals surface area contributed by atoms with Crippen LogP contribution in [0.4, 0.5) is 13.2 Å². The maximum absolute atomic E-state index is 12.6. The minimum absolute atomic E-state index is 0.324. The first-order valence-electron chi connectivity index (χ1n) is 8.50. The number of pyridine rings is 1. The van der Waals surface area contributed by atoms with Crippen LogP contribution in [0.1, 0.15) is 57.5 Å². The zero-order valence-electron chi connectivity index (χ0n) is 16.1. The van der Waals surface area contributed by atoms with Crippen LogP contribution >= 0.6 is 12.6 Å².